The molecule has 0 amide bonds. The van der Waals surface area contributed by atoms with E-state index in [1.807, 2.05) is 0 Å². The largest absolute Gasteiger partial charge is 0.127 e. The van der Waals surface area contributed by atoms with Crippen LogP contribution in [0.2, 0.25) is 0 Å². The van der Waals surface area contributed by atoms with Gasteiger partial charge in [0.15, 0.2) is 0 Å². The zero-order chi connectivity index (χ0) is 7.64. The van der Waals surface area contributed by atoms with Crippen molar-refractivity contribution in [2.75, 3.05) is 0 Å². The maximum atomic E-state index is 6.27. The molecule has 3 aliphatic carbocycles. The van der Waals surface area contributed by atoms with Crippen molar-refractivity contribution in [1.29, 1.82) is 0 Å². The van der Waals surface area contributed by atoms with Crippen LogP contribution in [0.5, 0.6) is 0 Å². The molecule has 0 aromatic heterocycles. The van der Waals surface area contributed by atoms with Gasteiger partial charge in [-0.1, -0.05) is 12.2 Å². The molecule has 0 radical (unpaired) electrons. The summed E-state index contributed by atoms with van der Waals surface area (Å²) in [5.41, 5.74) is 0. The Morgan fingerprint density at radius 1 is 1.18 bits per heavy atom. The number of rotatable bonds is 0. The minimum absolute atomic E-state index is 0.422. The fraction of sp³-hybridized carbons (Fsp3) is 0.778. The Morgan fingerprint density at radius 3 is 2.64 bits per heavy atom. The highest BCUT2D eigenvalue weighted by Crippen LogP contribution is 2.65. The molecule has 3 rings (SSSR count). The van der Waals surface area contributed by atoms with Gasteiger partial charge in [-0.3, -0.25) is 0 Å². The van der Waals surface area contributed by atoms with Crippen LogP contribution in [-0.2, 0) is 0 Å². The Morgan fingerprint density at radius 2 is 2.00 bits per heavy atom. The normalized spacial score (nSPS) is 55.8. The van der Waals surface area contributed by atoms with Crippen molar-refractivity contribution in [3.63, 3.8) is 0 Å². The Balaban J connectivity index is 2.10. The van der Waals surface area contributed by atoms with Crippen molar-refractivity contribution in [3.8, 4) is 0 Å². The first-order valence-corrected chi connectivity index (χ1v) is 5.01. The number of allylic oxidation sites excluding steroid dienone is 2. The van der Waals surface area contributed by atoms with E-state index in [0.29, 0.717) is 11.8 Å². The maximum Gasteiger partial charge on any atom is 0.127 e. The molecule has 0 spiro atoms. The molecule has 0 aliphatic heterocycles. The summed E-state index contributed by atoms with van der Waals surface area (Å²) in [5.74, 6) is 2.64. The number of alkyl halides is 2. The molecule has 2 fully saturated rings. The first-order chi connectivity index (χ1) is 5.19. The second-order valence-corrected chi connectivity index (χ2v) is 5.53. The molecule has 0 heterocycles. The molecule has 0 N–H and O–H groups in total. The molecule has 2 bridgehead atoms. The maximum absolute atomic E-state index is 6.27. The molecular weight excluding hydrogens is 179 g/mol. The van der Waals surface area contributed by atoms with E-state index in [4.69, 9.17) is 23.2 Å². The lowest BCUT2D eigenvalue weighted by atomic mass is 9.87. The van der Waals surface area contributed by atoms with Crippen LogP contribution < -0.4 is 0 Å². The van der Waals surface area contributed by atoms with Gasteiger partial charge in [0.1, 0.15) is 4.33 Å². The molecule has 2 heteroatoms. The van der Waals surface area contributed by atoms with Gasteiger partial charge in [0.05, 0.1) is 0 Å². The first kappa shape index (κ1) is 6.80. The van der Waals surface area contributed by atoms with Gasteiger partial charge < -0.3 is 0 Å². The molecule has 4 atom stereocenters. The molecule has 60 valence electrons. The van der Waals surface area contributed by atoms with Crippen LogP contribution >= 0.6 is 23.2 Å². The van der Waals surface area contributed by atoms with Crippen molar-refractivity contribution in [1.82, 2.24) is 0 Å². The van der Waals surface area contributed by atoms with Crippen LogP contribution in [0.1, 0.15) is 12.8 Å². The van der Waals surface area contributed by atoms with Gasteiger partial charge in [-0.25, -0.2) is 0 Å². The Bertz CT molecular complexity index is 232. The Hall–Kier alpha value is 0.320. The SMILES string of the molecule is ClC1(Cl)[C@@H]2C[C@H]3[C@H](C=C[C@H]31)C2. The van der Waals surface area contributed by atoms with Crippen LogP contribution in [0.15, 0.2) is 12.2 Å². The highest BCUT2D eigenvalue weighted by molar-refractivity contribution is 6.49. The van der Waals surface area contributed by atoms with E-state index in [9.17, 15) is 0 Å². The molecule has 0 saturated heterocycles. The molecule has 11 heavy (non-hydrogen) atoms. The lowest BCUT2D eigenvalue weighted by Gasteiger charge is -2.30. The van der Waals surface area contributed by atoms with Gasteiger partial charge in [-0.05, 0) is 30.6 Å². The standard InChI is InChI=1S/C9H10Cl2/c10-9(11)6-3-5-1-2-8(9)7(5)4-6/h1-2,5-8H,3-4H2/t5-,6+,7+,8-/m1/s1. The summed E-state index contributed by atoms with van der Waals surface area (Å²) >= 11 is 12.5. The Kier molecular flexibility index (Phi) is 1.11. The van der Waals surface area contributed by atoms with E-state index in [2.05, 4.69) is 12.2 Å². The van der Waals surface area contributed by atoms with Crippen LogP contribution in [0, 0.1) is 23.7 Å². The Labute approximate surface area is 76.6 Å². The minimum atomic E-state index is -0.422. The van der Waals surface area contributed by atoms with E-state index in [-0.39, 0.29) is 0 Å². The van der Waals surface area contributed by atoms with E-state index in [1.54, 1.807) is 0 Å². The highest BCUT2D eigenvalue weighted by Gasteiger charge is 2.60. The second kappa shape index (κ2) is 1.80. The fourth-order valence-corrected chi connectivity index (χ4v) is 3.97. The zero-order valence-electron chi connectivity index (χ0n) is 6.13. The van der Waals surface area contributed by atoms with Gasteiger partial charge in [-0.15, -0.1) is 23.2 Å². The van der Waals surface area contributed by atoms with E-state index in [0.717, 1.165) is 11.8 Å². The molecule has 0 nitrogen and oxygen atoms in total. The van der Waals surface area contributed by atoms with Crippen molar-refractivity contribution >= 4 is 23.2 Å². The predicted octanol–water partition coefficient (Wildman–Crippen LogP) is 3.00. The first-order valence-electron chi connectivity index (χ1n) is 4.25. The van der Waals surface area contributed by atoms with Crippen molar-refractivity contribution < 1.29 is 0 Å². The number of fused-ring (bicyclic) bond motifs is 1. The van der Waals surface area contributed by atoms with E-state index in [1.165, 1.54) is 12.8 Å². The third kappa shape index (κ3) is 0.643. The predicted molar refractivity (Wildman–Crippen MR) is 46.8 cm³/mol. The van der Waals surface area contributed by atoms with Gasteiger partial charge in [0, 0.05) is 5.92 Å². The van der Waals surface area contributed by atoms with Crippen LogP contribution in [0.3, 0.4) is 0 Å². The quantitative estimate of drug-likeness (QED) is 0.406. The van der Waals surface area contributed by atoms with Gasteiger partial charge in [0.25, 0.3) is 0 Å². The summed E-state index contributed by atoms with van der Waals surface area (Å²) < 4.78 is -0.422. The molecular formula is C9H10Cl2. The minimum Gasteiger partial charge on any atom is -0.101 e. The van der Waals surface area contributed by atoms with Gasteiger partial charge >= 0.3 is 0 Å². The molecule has 0 aromatic carbocycles. The molecule has 0 aromatic rings. The van der Waals surface area contributed by atoms with E-state index < -0.39 is 4.33 Å². The summed E-state index contributed by atoms with van der Waals surface area (Å²) in [5, 5.41) is 0. The monoisotopic (exact) mass is 188 g/mol. The summed E-state index contributed by atoms with van der Waals surface area (Å²) in [6.45, 7) is 0. The van der Waals surface area contributed by atoms with Crippen molar-refractivity contribution in [2.45, 2.75) is 17.2 Å². The number of hydrogen-bond donors (Lipinski definition) is 0. The highest BCUT2D eigenvalue weighted by atomic mass is 35.5. The zero-order valence-corrected chi connectivity index (χ0v) is 7.65. The third-order valence-electron chi connectivity index (χ3n) is 3.68. The average Bonchev–Trinajstić information content (AvgIpc) is 2.41. The number of hydrogen-bond acceptors (Lipinski definition) is 0. The van der Waals surface area contributed by atoms with Crippen LogP contribution in [-0.4, -0.2) is 4.33 Å². The van der Waals surface area contributed by atoms with Gasteiger partial charge in [-0.2, -0.15) is 0 Å². The fourth-order valence-electron chi connectivity index (χ4n) is 3.14. The average molecular weight is 189 g/mol. The van der Waals surface area contributed by atoms with Crippen LogP contribution in [0.4, 0.5) is 0 Å². The van der Waals surface area contributed by atoms with Crippen LogP contribution in [0.25, 0.3) is 0 Å². The topological polar surface area (TPSA) is 0 Å². The summed E-state index contributed by atoms with van der Waals surface area (Å²) in [6.07, 6.45) is 7.05. The van der Waals surface area contributed by atoms with Gasteiger partial charge in [0.2, 0.25) is 0 Å². The van der Waals surface area contributed by atoms with E-state index >= 15 is 0 Å². The molecule has 3 aliphatic rings. The smallest absolute Gasteiger partial charge is 0.101 e. The van der Waals surface area contributed by atoms with Crippen molar-refractivity contribution in [2.24, 2.45) is 23.7 Å². The summed E-state index contributed by atoms with van der Waals surface area (Å²) in [6, 6.07) is 0. The van der Waals surface area contributed by atoms with Crippen molar-refractivity contribution in [3.05, 3.63) is 12.2 Å². The summed E-state index contributed by atoms with van der Waals surface area (Å²) in [7, 11) is 0. The lowest BCUT2D eigenvalue weighted by Crippen LogP contribution is -2.31. The third-order valence-corrected chi connectivity index (χ3v) is 4.80. The molecule has 2 saturated carbocycles. The second-order valence-electron chi connectivity index (χ2n) is 4.08. The lowest BCUT2D eigenvalue weighted by molar-refractivity contribution is 0.338. The molecule has 0 unspecified atom stereocenters. The number of halogens is 2. The summed E-state index contributed by atoms with van der Waals surface area (Å²) in [4.78, 5) is 0.